The van der Waals surface area contributed by atoms with Crippen molar-refractivity contribution < 1.29 is 32.4 Å². The van der Waals surface area contributed by atoms with E-state index in [1.54, 1.807) is 12.1 Å². The van der Waals surface area contributed by atoms with E-state index < -0.39 is 46.0 Å². The molecule has 28 heavy (non-hydrogen) atoms. The summed E-state index contributed by atoms with van der Waals surface area (Å²) in [5.41, 5.74) is -2.70. The van der Waals surface area contributed by atoms with E-state index in [0.717, 1.165) is 12.1 Å². The number of carbonyl (C=O) groups excluding carboxylic acids is 2. The van der Waals surface area contributed by atoms with Crippen molar-refractivity contribution in [2.45, 2.75) is 19.2 Å². The van der Waals surface area contributed by atoms with Crippen molar-refractivity contribution in [3.8, 4) is 0 Å². The van der Waals surface area contributed by atoms with Crippen molar-refractivity contribution in [3.63, 3.8) is 0 Å². The summed E-state index contributed by atoms with van der Waals surface area (Å²) in [6.45, 7) is 1.19. The second-order valence-electron chi connectivity index (χ2n) is 5.53. The Morgan fingerprint density at radius 2 is 1.79 bits per heavy atom. The number of ether oxygens (including phenoxy) is 1. The third-order valence-electron chi connectivity index (χ3n) is 3.51. The van der Waals surface area contributed by atoms with Crippen LogP contribution in [0, 0.1) is 10.1 Å². The van der Waals surface area contributed by atoms with Gasteiger partial charge in [-0.3, -0.25) is 14.9 Å². The maximum Gasteiger partial charge on any atom is 0.418 e. The van der Waals surface area contributed by atoms with Gasteiger partial charge in [0.1, 0.15) is 0 Å². The fourth-order valence-corrected chi connectivity index (χ4v) is 2.36. The van der Waals surface area contributed by atoms with E-state index in [0.29, 0.717) is 10.5 Å². The van der Waals surface area contributed by atoms with Crippen LogP contribution in [-0.4, -0.2) is 22.9 Å². The molecule has 1 unspecified atom stereocenters. The van der Waals surface area contributed by atoms with Gasteiger partial charge in [0.2, 0.25) is 0 Å². The largest absolute Gasteiger partial charge is 0.449 e. The van der Waals surface area contributed by atoms with Crippen molar-refractivity contribution in [2.24, 2.45) is 0 Å². The number of esters is 1. The van der Waals surface area contributed by atoms with Crippen molar-refractivity contribution >= 4 is 39.2 Å². The van der Waals surface area contributed by atoms with Crippen LogP contribution in [0.2, 0.25) is 0 Å². The van der Waals surface area contributed by atoms with E-state index in [-0.39, 0.29) is 5.56 Å². The number of benzene rings is 2. The maximum atomic E-state index is 13.1. The Bertz CT molecular complexity index is 916. The lowest BCUT2D eigenvalue weighted by Gasteiger charge is -2.17. The normalized spacial score (nSPS) is 12.2. The molecule has 0 aliphatic heterocycles. The summed E-state index contributed by atoms with van der Waals surface area (Å²) in [4.78, 5) is 33.8. The Morgan fingerprint density at radius 1 is 1.18 bits per heavy atom. The molecule has 0 aliphatic carbocycles. The summed E-state index contributed by atoms with van der Waals surface area (Å²) >= 11 is 3.19. The van der Waals surface area contributed by atoms with Gasteiger partial charge in [-0.05, 0) is 37.3 Å². The molecule has 0 bridgehead atoms. The smallest absolute Gasteiger partial charge is 0.418 e. The Morgan fingerprint density at radius 3 is 2.32 bits per heavy atom. The number of hydrogen-bond donors (Lipinski definition) is 1. The number of amides is 1. The number of rotatable bonds is 5. The molecule has 1 N–H and O–H groups in total. The molecule has 0 aliphatic rings. The molecular weight excluding hydrogens is 449 g/mol. The molecule has 2 aromatic carbocycles. The van der Waals surface area contributed by atoms with Crippen LogP contribution in [-0.2, 0) is 15.7 Å². The second kappa shape index (κ2) is 8.38. The number of anilines is 1. The SMILES string of the molecule is CC(OC(=O)c1ccc(Br)cc1)C(=O)Nc1ccc([N+](=O)[O-])cc1C(F)(F)F. The number of carbonyl (C=O) groups is 2. The predicted molar refractivity (Wildman–Crippen MR) is 95.7 cm³/mol. The molecule has 1 atom stereocenters. The Balaban J connectivity index is 2.16. The van der Waals surface area contributed by atoms with Gasteiger partial charge >= 0.3 is 12.1 Å². The fraction of sp³-hybridized carbons (Fsp3) is 0.176. The zero-order valence-electron chi connectivity index (χ0n) is 14.1. The number of alkyl halides is 3. The summed E-state index contributed by atoms with van der Waals surface area (Å²) in [6.07, 6.45) is -6.35. The van der Waals surface area contributed by atoms with Gasteiger partial charge in [0.15, 0.2) is 6.10 Å². The first-order chi connectivity index (χ1) is 13.0. The van der Waals surface area contributed by atoms with E-state index in [9.17, 15) is 32.9 Å². The lowest BCUT2D eigenvalue weighted by atomic mass is 10.1. The highest BCUT2D eigenvalue weighted by Crippen LogP contribution is 2.37. The third-order valence-corrected chi connectivity index (χ3v) is 4.04. The van der Waals surface area contributed by atoms with Gasteiger partial charge in [-0.2, -0.15) is 13.2 Å². The average Bonchev–Trinajstić information content (AvgIpc) is 2.61. The standard InChI is InChI=1S/C17H12BrF3N2O5/c1-9(28-16(25)10-2-4-11(18)5-3-10)15(24)22-14-7-6-12(23(26)27)8-13(14)17(19,20)21/h2-9H,1H3,(H,22,24). The summed E-state index contributed by atoms with van der Waals surface area (Å²) in [5.74, 6) is -1.86. The van der Waals surface area contributed by atoms with Crippen LogP contribution in [0.15, 0.2) is 46.9 Å². The van der Waals surface area contributed by atoms with Gasteiger partial charge < -0.3 is 10.1 Å². The number of nitrogens with one attached hydrogen (secondary N) is 1. The third kappa shape index (κ3) is 5.28. The van der Waals surface area contributed by atoms with Gasteiger partial charge in [-0.15, -0.1) is 0 Å². The highest BCUT2D eigenvalue weighted by atomic mass is 79.9. The number of nitrogens with zero attached hydrogens (tertiary/aromatic N) is 1. The van der Waals surface area contributed by atoms with Crippen LogP contribution >= 0.6 is 15.9 Å². The summed E-state index contributed by atoms with van der Waals surface area (Å²) < 4.78 is 45.1. The minimum absolute atomic E-state index is 0.147. The Labute approximate surface area is 164 Å². The molecule has 0 spiro atoms. The molecule has 2 aromatic rings. The summed E-state index contributed by atoms with van der Waals surface area (Å²) in [5, 5.41) is 12.7. The lowest BCUT2D eigenvalue weighted by Crippen LogP contribution is -2.30. The summed E-state index contributed by atoms with van der Waals surface area (Å²) in [6, 6.07) is 7.94. The molecule has 1 amide bonds. The van der Waals surface area contributed by atoms with Crippen LogP contribution in [0.3, 0.4) is 0 Å². The molecule has 0 radical (unpaired) electrons. The Hall–Kier alpha value is -2.95. The molecule has 7 nitrogen and oxygen atoms in total. The molecule has 148 valence electrons. The van der Waals surface area contributed by atoms with Crippen molar-refractivity contribution in [1.82, 2.24) is 0 Å². The van der Waals surface area contributed by atoms with Gasteiger partial charge in [-0.25, -0.2) is 4.79 Å². The second-order valence-corrected chi connectivity index (χ2v) is 6.44. The van der Waals surface area contributed by atoms with Gasteiger partial charge in [0, 0.05) is 16.6 Å². The molecule has 2 rings (SSSR count). The number of hydrogen-bond acceptors (Lipinski definition) is 5. The topological polar surface area (TPSA) is 98.5 Å². The van der Waals surface area contributed by atoms with E-state index in [2.05, 4.69) is 15.9 Å². The highest BCUT2D eigenvalue weighted by Gasteiger charge is 2.36. The minimum Gasteiger partial charge on any atom is -0.449 e. The van der Waals surface area contributed by atoms with Crippen LogP contribution in [0.1, 0.15) is 22.8 Å². The van der Waals surface area contributed by atoms with E-state index in [1.807, 2.05) is 5.32 Å². The highest BCUT2D eigenvalue weighted by molar-refractivity contribution is 9.10. The van der Waals surface area contributed by atoms with Gasteiger partial charge in [-0.1, -0.05) is 15.9 Å². The minimum atomic E-state index is -4.94. The molecule has 0 heterocycles. The van der Waals surface area contributed by atoms with E-state index in [1.165, 1.54) is 19.1 Å². The zero-order chi connectivity index (χ0) is 21.1. The number of halogens is 4. The van der Waals surface area contributed by atoms with Gasteiger partial charge in [0.25, 0.3) is 11.6 Å². The summed E-state index contributed by atoms with van der Waals surface area (Å²) in [7, 11) is 0. The monoisotopic (exact) mass is 460 g/mol. The van der Waals surface area contributed by atoms with E-state index in [4.69, 9.17) is 4.74 Å². The average molecular weight is 461 g/mol. The first-order valence-electron chi connectivity index (χ1n) is 7.62. The molecule has 0 fully saturated rings. The maximum absolute atomic E-state index is 13.1. The fourth-order valence-electron chi connectivity index (χ4n) is 2.09. The van der Waals surface area contributed by atoms with Crippen LogP contribution in [0.4, 0.5) is 24.5 Å². The van der Waals surface area contributed by atoms with E-state index >= 15 is 0 Å². The molecular formula is C17H12BrF3N2O5. The molecule has 0 saturated carbocycles. The molecule has 11 heteroatoms. The zero-order valence-corrected chi connectivity index (χ0v) is 15.7. The quantitative estimate of drug-likeness (QED) is 0.400. The first-order valence-corrected chi connectivity index (χ1v) is 8.41. The van der Waals surface area contributed by atoms with Crippen LogP contribution < -0.4 is 5.32 Å². The van der Waals surface area contributed by atoms with Crippen LogP contribution in [0.25, 0.3) is 0 Å². The van der Waals surface area contributed by atoms with Gasteiger partial charge in [0.05, 0.1) is 21.7 Å². The lowest BCUT2D eigenvalue weighted by molar-refractivity contribution is -0.385. The first kappa shape index (κ1) is 21.4. The van der Waals surface area contributed by atoms with Crippen molar-refractivity contribution in [2.75, 3.05) is 5.32 Å². The molecule has 0 aromatic heterocycles. The van der Waals surface area contributed by atoms with Crippen LogP contribution in [0.5, 0.6) is 0 Å². The predicted octanol–water partition coefficient (Wildman–Crippen LogP) is 4.56. The number of nitro benzene ring substituents is 1. The number of nitro groups is 1. The van der Waals surface area contributed by atoms with Crippen molar-refractivity contribution in [3.05, 3.63) is 68.2 Å². The van der Waals surface area contributed by atoms with Crippen molar-refractivity contribution in [1.29, 1.82) is 0 Å². The number of non-ortho nitro benzene ring substituents is 1. The Kier molecular flexibility index (Phi) is 6.39. The molecule has 0 saturated heterocycles.